The van der Waals surface area contributed by atoms with E-state index in [1.165, 1.54) is 31.3 Å². The minimum Gasteiger partial charge on any atom is -0.493 e. The van der Waals surface area contributed by atoms with Crippen LogP contribution >= 0.6 is 11.3 Å². The quantitative estimate of drug-likeness (QED) is 0.341. The molecular formula is C26H17FN2O5S. The van der Waals surface area contributed by atoms with Gasteiger partial charge in [-0.3, -0.25) is 14.5 Å². The van der Waals surface area contributed by atoms with Crippen molar-refractivity contribution < 1.29 is 23.1 Å². The second kappa shape index (κ2) is 7.92. The first kappa shape index (κ1) is 21.3. The highest BCUT2D eigenvalue weighted by Gasteiger charge is 2.46. The van der Waals surface area contributed by atoms with Crippen LogP contribution in [0.3, 0.4) is 0 Å². The lowest BCUT2D eigenvalue weighted by atomic mass is 9.97. The van der Waals surface area contributed by atoms with E-state index in [0.29, 0.717) is 43.4 Å². The molecule has 5 aromatic rings. The van der Waals surface area contributed by atoms with Crippen LogP contribution in [-0.4, -0.2) is 25.1 Å². The number of hydrogen-bond acceptors (Lipinski definition) is 7. The van der Waals surface area contributed by atoms with Crippen LogP contribution in [0.2, 0.25) is 0 Å². The number of hydrogen-bond donors (Lipinski definition) is 0. The first-order valence-electron chi connectivity index (χ1n) is 10.7. The fourth-order valence-electron chi connectivity index (χ4n) is 4.53. The van der Waals surface area contributed by atoms with Gasteiger partial charge in [0.2, 0.25) is 5.76 Å². The number of carbonyl (C=O) groups is 1. The summed E-state index contributed by atoms with van der Waals surface area (Å²) in [5.41, 5.74) is 1.25. The number of methoxy groups -OCH3 is 2. The molecule has 174 valence electrons. The predicted octanol–water partition coefficient (Wildman–Crippen LogP) is 5.31. The molecule has 7 nitrogen and oxygen atoms in total. The van der Waals surface area contributed by atoms with E-state index in [1.807, 2.05) is 0 Å². The van der Waals surface area contributed by atoms with Crippen molar-refractivity contribution in [2.45, 2.75) is 6.04 Å². The molecule has 6 rings (SSSR count). The summed E-state index contributed by atoms with van der Waals surface area (Å²) in [4.78, 5) is 33.5. The third-order valence-corrected chi connectivity index (χ3v) is 7.07. The molecule has 1 aliphatic heterocycles. The maximum Gasteiger partial charge on any atom is 0.297 e. The molecule has 0 radical (unpaired) electrons. The average Bonchev–Trinajstić information content (AvgIpc) is 3.41. The van der Waals surface area contributed by atoms with E-state index in [4.69, 9.17) is 13.9 Å². The van der Waals surface area contributed by atoms with E-state index in [-0.39, 0.29) is 16.8 Å². The van der Waals surface area contributed by atoms with E-state index in [1.54, 1.807) is 48.5 Å². The van der Waals surface area contributed by atoms with E-state index >= 15 is 0 Å². The van der Waals surface area contributed by atoms with Crippen LogP contribution in [0.4, 0.5) is 9.52 Å². The summed E-state index contributed by atoms with van der Waals surface area (Å²) < 4.78 is 31.5. The second-order valence-corrected chi connectivity index (χ2v) is 8.95. The number of ether oxygens (including phenoxy) is 2. The Morgan fingerprint density at radius 2 is 1.86 bits per heavy atom. The summed E-state index contributed by atoms with van der Waals surface area (Å²) in [6, 6.07) is 15.4. The third-order valence-electron chi connectivity index (χ3n) is 6.05. The lowest BCUT2D eigenvalue weighted by Crippen LogP contribution is -2.29. The Morgan fingerprint density at radius 1 is 1.03 bits per heavy atom. The SMILES string of the molecule is COc1cccc([C@H]2c3c(oc4ccccc4c3=O)C(=O)N2c2nc3ccc(F)cc3s2)c1OC. The van der Waals surface area contributed by atoms with E-state index in [0.717, 1.165) is 11.3 Å². The number of rotatable bonds is 4. The number of benzene rings is 3. The zero-order chi connectivity index (χ0) is 24.3. The van der Waals surface area contributed by atoms with Crippen molar-refractivity contribution in [3.05, 3.63) is 93.6 Å². The lowest BCUT2D eigenvalue weighted by molar-refractivity contribution is 0.0970. The molecular weight excluding hydrogens is 471 g/mol. The normalized spacial score (nSPS) is 15.1. The fourth-order valence-corrected chi connectivity index (χ4v) is 5.54. The molecule has 3 aromatic carbocycles. The van der Waals surface area contributed by atoms with E-state index in [2.05, 4.69) is 4.98 Å². The minimum atomic E-state index is -0.895. The van der Waals surface area contributed by atoms with Gasteiger partial charge < -0.3 is 13.9 Å². The molecule has 35 heavy (non-hydrogen) atoms. The van der Waals surface area contributed by atoms with Crippen molar-refractivity contribution in [3.8, 4) is 11.5 Å². The molecule has 0 unspecified atom stereocenters. The molecule has 9 heteroatoms. The number of fused-ring (bicyclic) bond motifs is 3. The van der Waals surface area contributed by atoms with Crippen LogP contribution in [0.5, 0.6) is 11.5 Å². The number of nitrogens with zero attached hydrogens (tertiary/aromatic N) is 2. The average molecular weight is 488 g/mol. The Kier molecular flexibility index (Phi) is 4.82. The van der Waals surface area contributed by atoms with Gasteiger partial charge in [-0.15, -0.1) is 0 Å². The van der Waals surface area contributed by atoms with Gasteiger partial charge in [-0.05, 0) is 36.4 Å². The zero-order valence-electron chi connectivity index (χ0n) is 18.6. The van der Waals surface area contributed by atoms with Crippen LogP contribution in [-0.2, 0) is 0 Å². The Balaban J connectivity index is 1.67. The Hall–Kier alpha value is -4.24. The van der Waals surface area contributed by atoms with Crippen molar-refractivity contribution in [2.75, 3.05) is 19.1 Å². The number of aromatic nitrogens is 1. The summed E-state index contributed by atoms with van der Waals surface area (Å²) >= 11 is 1.15. The number of anilines is 1. The molecule has 0 bridgehead atoms. The molecule has 0 aliphatic carbocycles. The Labute approximate surface area is 202 Å². The largest absolute Gasteiger partial charge is 0.493 e. The molecule has 0 fully saturated rings. The zero-order valence-corrected chi connectivity index (χ0v) is 19.4. The standard InChI is InChI=1S/C26H17FN2O5S/c1-32-18-9-5-7-15(23(18)33-2)21-20-22(30)14-6-3-4-8-17(14)34-24(20)25(31)29(21)26-28-16-11-10-13(27)12-19(16)35-26/h3-12,21H,1-2H3/t21-/m0/s1. The van der Waals surface area contributed by atoms with Crippen molar-refractivity contribution >= 4 is 43.6 Å². The van der Waals surface area contributed by atoms with E-state index in [9.17, 15) is 14.0 Å². The number of carbonyl (C=O) groups excluding carboxylic acids is 1. The summed E-state index contributed by atoms with van der Waals surface area (Å²) in [7, 11) is 3.00. The summed E-state index contributed by atoms with van der Waals surface area (Å²) in [5, 5.41) is 0.666. The van der Waals surface area contributed by atoms with Gasteiger partial charge in [-0.2, -0.15) is 0 Å². The molecule has 0 saturated carbocycles. The van der Waals surface area contributed by atoms with Crippen molar-refractivity contribution in [1.29, 1.82) is 0 Å². The maximum atomic E-state index is 13.9. The molecule has 2 aromatic heterocycles. The number of para-hydroxylation sites is 2. The molecule has 0 saturated heterocycles. The van der Waals surface area contributed by atoms with Gasteiger partial charge in [-0.1, -0.05) is 35.6 Å². The first-order valence-corrected chi connectivity index (χ1v) is 11.5. The topological polar surface area (TPSA) is 81.9 Å². The fraction of sp³-hybridized carbons (Fsp3) is 0.115. The highest BCUT2D eigenvalue weighted by atomic mass is 32.1. The summed E-state index contributed by atoms with van der Waals surface area (Å²) in [6.07, 6.45) is 0. The second-order valence-electron chi connectivity index (χ2n) is 7.94. The van der Waals surface area contributed by atoms with Gasteiger partial charge in [-0.25, -0.2) is 9.37 Å². The molecule has 0 spiro atoms. The minimum absolute atomic E-state index is 0.0611. The lowest BCUT2D eigenvalue weighted by Gasteiger charge is -2.24. The Morgan fingerprint density at radius 3 is 2.66 bits per heavy atom. The van der Waals surface area contributed by atoms with Crippen LogP contribution in [0.25, 0.3) is 21.2 Å². The number of amides is 1. The molecule has 3 heterocycles. The Bertz CT molecular complexity index is 1710. The van der Waals surface area contributed by atoms with E-state index < -0.39 is 17.8 Å². The molecule has 1 aliphatic rings. The van der Waals surface area contributed by atoms with Crippen molar-refractivity contribution in [2.24, 2.45) is 0 Å². The molecule has 0 N–H and O–H groups in total. The smallest absolute Gasteiger partial charge is 0.297 e. The monoisotopic (exact) mass is 488 g/mol. The maximum absolute atomic E-state index is 13.9. The molecule has 1 atom stereocenters. The van der Waals surface area contributed by atoms with Crippen LogP contribution in [0.15, 0.2) is 69.9 Å². The summed E-state index contributed by atoms with van der Waals surface area (Å²) in [5.74, 6) is -0.156. The van der Waals surface area contributed by atoms with Gasteiger partial charge in [0.25, 0.3) is 5.91 Å². The highest BCUT2D eigenvalue weighted by Crippen LogP contribution is 2.47. The van der Waals surface area contributed by atoms with Gasteiger partial charge in [0, 0.05) is 5.56 Å². The van der Waals surface area contributed by atoms with Gasteiger partial charge >= 0.3 is 0 Å². The van der Waals surface area contributed by atoms with Crippen molar-refractivity contribution in [1.82, 2.24) is 4.98 Å². The van der Waals surface area contributed by atoms with Gasteiger partial charge in [0.15, 0.2) is 22.1 Å². The van der Waals surface area contributed by atoms with Crippen molar-refractivity contribution in [3.63, 3.8) is 0 Å². The number of thiazole rings is 1. The summed E-state index contributed by atoms with van der Waals surface area (Å²) in [6.45, 7) is 0. The predicted molar refractivity (Wildman–Crippen MR) is 130 cm³/mol. The third kappa shape index (κ3) is 3.12. The van der Waals surface area contributed by atoms with Gasteiger partial charge in [0.1, 0.15) is 17.4 Å². The van der Waals surface area contributed by atoms with Gasteiger partial charge in [0.05, 0.1) is 35.4 Å². The van der Waals surface area contributed by atoms with Crippen LogP contribution in [0.1, 0.15) is 27.7 Å². The van der Waals surface area contributed by atoms with Crippen LogP contribution < -0.4 is 19.8 Å². The highest BCUT2D eigenvalue weighted by molar-refractivity contribution is 7.22. The first-order chi connectivity index (χ1) is 17.0. The number of halogens is 1. The molecule has 1 amide bonds. The van der Waals surface area contributed by atoms with Crippen LogP contribution in [0, 0.1) is 5.82 Å².